The summed E-state index contributed by atoms with van der Waals surface area (Å²) < 4.78 is 1.09. The van der Waals surface area contributed by atoms with Crippen LogP contribution in [0.2, 0.25) is 0 Å². The topological polar surface area (TPSA) is 26.0 Å². The molecule has 1 aromatic carbocycles. The molecular weight excluding hydrogens is 266 g/mol. The van der Waals surface area contributed by atoms with Gasteiger partial charge in [0.2, 0.25) is 0 Å². The molecule has 0 aliphatic rings. The molecule has 0 aliphatic heterocycles. The lowest BCUT2D eigenvalue weighted by Gasteiger charge is -2.04. The fourth-order valence-corrected chi connectivity index (χ4v) is 3.05. The highest BCUT2D eigenvalue weighted by atomic mass is 79.9. The molecule has 0 spiro atoms. The smallest absolute Gasteiger partial charge is 0.0453 e. The Hall–Kier alpha value is 0.200. The molecule has 72 valence electrons. The van der Waals surface area contributed by atoms with E-state index < -0.39 is 0 Å². The second-order valence-electron chi connectivity index (χ2n) is 2.52. The van der Waals surface area contributed by atoms with E-state index in [1.54, 1.807) is 0 Å². The van der Waals surface area contributed by atoms with Gasteiger partial charge in [-0.3, -0.25) is 0 Å². The maximum atomic E-state index is 5.82. The highest BCUT2D eigenvalue weighted by molar-refractivity contribution is 9.10. The van der Waals surface area contributed by atoms with E-state index in [9.17, 15) is 0 Å². The molecule has 0 bridgehead atoms. The lowest BCUT2D eigenvalue weighted by molar-refractivity contribution is 1.42. The Morgan fingerprint density at radius 3 is 2.85 bits per heavy atom. The van der Waals surface area contributed by atoms with E-state index >= 15 is 0 Å². The Labute approximate surface area is 96.0 Å². The van der Waals surface area contributed by atoms with Crippen molar-refractivity contribution < 1.29 is 0 Å². The first-order chi connectivity index (χ1) is 6.24. The van der Waals surface area contributed by atoms with E-state index in [-0.39, 0.29) is 0 Å². The van der Waals surface area contributed by atoms with Crippen molar-refractivity contribution in [2.45, 2.75) is 4.90 Å². The number of thioether (sulfide) groups is 2. The van der Waals surface area contributed by atoms with Crippen molar-refractivity contribution in [2.75, 3.05) is 23.5 Å². The number of halogens is 1. The summed E-state index contributed by atoms with van der Waals surface area (Å²) in [5, 5.41) is 0. The number of rotatable bonds is 4. The molecule has 1 rings (SSSR count). The SMILES string of the molecule is CSCCSc1cc(Br)ccc1N. The van der Waals surface area contributed by atoms with Crippen LogP contribution in [0.4, 0.5) is 5.69 Å². The largest absolute Gasteiger partial charge is 0.398 e. The Bertz CT molecular complexity index is 278. The fourth-order valence-electron chi connectivity index (χ4n) is 0.868. The number of hydrogen-bond acceptors (Lipinski definition) is 3. The van der Waals surface area contributed by atoms with Crippen LogP contribution in [0.3, 0.4) is 0 Å². The number of nitrogen functional groups attached to an aromatic ring is 1. The van der Waals surface area contributed by atoms with Gasteiger partial charge in [-0.15, -0.1) is 11.8 Å². The molecule has 0 amide bonds. The Kier molecular flexibility index (Phi) is 5.06. The zero-order chi connectivity index (χ0) is 9.68. The average Bonchev–Trinajstić information content (AvgIpc) is 2.11. The predicted molar refractivity (Wildman–Crippen MR) is 67.7 cm³/mol. The molecule has 2 N–H and O–H groups in total. The monoisotopic (exact) mass is 277 g/mol. The van der Waals surface area contributed by atoms with Crippen LogP contribution >= 0.6 is 39.5 Å². The average molecular weight is 278 g/mol. The molecule has 0 unspecified atom stereocenters. The Morgan fingerprint density at radius 1 is 1.38 bits per heavy atom. The Balaban J connectivity index is 2.59. The van der Waals surface area contributed by atoms with Gasteiger partial charge in [0.05, 0.1) is 0 Å². The normalized spacial score (nSPS) is 10.3. The van der Waals surface area contributed by atoms with Gasteiger partial charge in [0.25, 0.3) is 0 Å². The van der Waals surface area contributed by atoms with Gasteiger partial charge in [-0.1, -0.05) is 15.9 Å². The third-order valence-electron chi connectivity index (χ3n) is 1.52. The van der Waals surface area contributed by atoms with Crippen LogP contribution in [-0.2, 0) is 0 Å². The summed E-state index contributed by atoms with van der Waals surface area (Å²) in [6.45, 7) is 0. The van der Waals surface area contributed by atoms with Crippen LogP contribution in [0.1, 0.15) is 0 Å². The molecule has 0 fully saturated rings. The third kappa shape index (κ3) is 3.83. The summed E-state index contributed by atoms with van der Waals surface area (Å²) in [7, 11) is 0. The van der Waals surface area contributed by atoms with Gasteiger partial charge in [-0.2, -0.15) is 11.8 Å². The van der Waals surface area contributed by atoms with Crippen LogP contribution in [0, 0.1) is 0 Å². The summed E-state index contributed by atoms with van der Waals surface area (Å²) in [4.78, 5) is 1.17. The summed E-state index contributed by atoms with van der Waals surface area (Å²) >= 11 is 7.10. The summed E-state index contributed by atoms with van der Waals surface area (Å²) in [6, 6.07) is 5.97. The van der Waals surface area contributed by atoms with Gasteiger partial charge in [-0.05, 0) is 24.5 Å². The maximum Gasteiger partial charge on any atom is 0.0453 e. The van der Waals surface area contributed by atoms with Gasteiger partial charge in [0, 0.05) is 26.6 Å². The number of hydrogen-bond donors (Lipinski definition) is 1. The number of benzene rings is 1. The minimum atomic E-state index is 0.870. The second-order valence-corrected chi connectivity index (χ2v) is 5.56. The molecule has 0 aromatic heterocycles. The van der Waals surface area contributed by atoms with Crippen LogP contribution in [0.5, 0.6) is 0 Å². The lowest BCUT2D eigenvalue weighted by atomic mass is 10.3. The number of nitrogens with two attached hydrogens (primary N) is 1. The minimum absolute atomic E-state index is 0.870. The molecule has 0 heterocycles. The summed E-state index contributed by atoms with van der Waals surface area (Å²) in [5.41, 5.74) is 6.69. The number of anilines is 1. The van der Waals surface area contributed by atoms with E-state index in [0.717, 1.165) is 21.7 Å². The molecule has 0 atom stereocenters. The van der Waals surface area contributed by atoms with Gasteiger partial charge in [-0.25, -0.2) is 0 Å². The standard InChI is InChI=1S/C9H12BrNS2/c1-12-4-5-13-9-6-7(10)2-3-8(9)11/h2-3,6H,4-5,11H2,1H3. The van der Waals surface area contributed by atoms with Crippen molar-refractivity contribution >= 4 is 45.1 Å². The molecule has 13 heavy (non-hydrogen) atoms. The molecule has 0 radical (unpaired) electrons. The van der Waals surface area contributed by atoms with Crippen molar-refractivity contribution in [1.29, 1.82) is 0 Å². The van der Waals surface area contributed by atoms with Crippen molar-refractivity contribution in [2.24, 2.45) is 0 Å². The van der Waals surface area contributed by atoms with Crippen molar-refractivity contribution in [3.05, 3.63) is 22.7 Å². The van der Waals surface area contributed by atoms with Crippen molar-refractivity contribution in [3.63, 3.8) is 0 Å². The predicted octanol–water partition coefficient (Wildman–Crippen LogP) is 3.49. The first-order valence-electron chi connectivity index (χ1n) is 3.91. The summed E-state index contributed by atoms with van der Waals surface area (Å²) in [5.74, 6) is 2.28. The van der Waals surface area contributed by atoms with Gasteiger partial charge in [0.15, 0.2) is 0 Å². The van der Waals surface area contributed by atoms with E-state index in [4.69, 9.17) is 5.73 Å². The van der Waals surface area contributed by atoms with E-state index in [1.807, 2.05) is 35.7 Å². The van der Waals surface area contributed by atoms with E-state index in [2.05, 4.69) is 28.3 Å². The lowest BCUT2D eigenvalue weighted by Crippen LogP contribution is -1.90. The van der Waals surface area contributed by atoms with E-state index in [1.165, 1.54) is 4.90 Å². The zero-order valence-corrected chi connectivity index (χ0v) is 10.6. The molecule has 0 aliphatic carbocycles. The first-order valence-corrected chi connectivity index (χ1v) is 7.08. The van der Waals surface area contributed by atoms with Crippen LogP contribution in [-0.4, -0.2) is 17.8 Å². The van der Waals surface area contributed by atoms with Gasteiger partial charge >= 0.3 is 0 Å². The fraction of sp³-hybridized carbons (Fsp3) is 0.333. The van der Waals surface area contributed by atoms with Gasteiger partial charge in [0.1, 0.15) is 0 Å². The van der Waals surface area contributed by atoms with E-state index in [0.29, 0.717) is 0 Å². The quantitative estimate of drug-likeness (QED) is 0.518. The van der Waals surface area contributed by atoms with Crippen LogP contribution < -0.4 is 5.73 Å². The third-order valence-corrected chi connectivity index (χ3v) is 3.96. The molecular formula is C9H12BrNS2. The highest BCUT2D eigenvalue weighted by Crippen LogP contribution is 2.28. The molecule has 1 nitrogen and oxygen atoms in total. The molecule has 4 heteroatoms. The van der Waals surface area contributed by atoms with Gasteiger partial charge < -0.3 is 5.73 Å². The molecule has 0 saturated heterocycles. The zero-order valence-electron chi connectivity index (χ0n) is 7.42. The molecule has 1 aromatic rings. The summed E-state index contributed by atoms with van der Waals surface area (Å²) in [6.07, 6.45) is 2.12. The van der Waals surface area contributed by atoms with Crippen LogP contribution in [0.25, 0.3) is 0 Å². The highest BCUT2D eigenvalue weighted by Gasteiger charge is 1.99. The second kappa shape index (κ2) is 5.83. The van der Waals surface area contributed by atoms with Crippen molar-refractivity contribution in [1.82, 2.24) is 0 Å². The maximum absolute atomic E-state index is 5.82. The van der Waals surface area contributed by atoms with Crippen LogP contribution in [0.15, 0.2) is 27.6 Å². The molecule has 0 saturated carbocycles. The first kappa shape index (κ1) is 11.3. The minimum Gasteiger partial charge on any atom is -0.398 e. The van der Waals surface area contributed by atoms with Crippen molar-refractivity contribution in [3.8, 4) is 0 Å². The Morgan fingerprint density at radius 2 is 2.15 bits per heavy atom.